The Morgan fingerprint density at radius 1 is 1.11 bits per heavy atom. The number of carbonyl (C=O) groups excluding carboxylic acids is 1. The van der Waals surface area contributed by atoms with Crippen molar-refractivity contribution in [3.63, 3.8) is 0 Å². The molecule has 1 heterocycles. The minimum Gasteiger partial charge on any atom is -0.497 e. The fraction of sp³-hybridized carbons (Fsp3) is 0.370. The lowest BCUT2D eigenvalue weighted by Gasteiger charge is -2.36. The lowest BCUT2D eigenvalue weighted by Crippen LogP contribution is -2.45. The highest BCUT2D eigenvalue weighted by molar-refractivity contribution is 5.93. The molecule has 1 amide bonds. The minimum atomic E-state index is -1.25. The van der Waals surface area contributed by atoms with Crippen molar-refractivity contribution in [2.75, 3.05) is 13.7 Å². The maximum Gasteiger partial charge on any atom is 0.305 e. The zero-order chi connectivity index (χ0) is 27.4. The molecule has 3 aromatic rings. The molecule has 3 N–H and O–H groups in total. The van der Waals surface area contributed by atoms with Crippen molar-refractivity contribution in [3.05, 3.63) is 71.7 Å². The average Bonchev–Trinajstić information content (AvgIpc) is 3.26. The van der Waals surface area contributed by atoms with Crippen LogP contribution >= 0.6 is 0 Å². The Balaban J connectivity index is 1.94. The number of rotatable bonds is 10. The molecule has 1 aromatic heterocycles. The molecule has 198 valence electrons. The summed E-state index contributed by atoms with van der Waals surface area (Å²) < 4.78 is 26.7. The summed E-state index contributed by atoms with van der Waals surface area (Å²) in [5.41, 5.74) is -1.29. The molecular weight excluding hydrogens is 481 g/mol. The Kier molecular flexibility index (Phi) is 8.22. The molecule has 2 aromatic carbocycles. The molecule has 10 heteroatoms. The highest BCUT2D eigenvalue weighted by Crippen LogP contribution is 2.31. The molecule has 0 radical (unpaired) electrons. The summed E-state index contributed by atoms with van der Waals surface area (Å²) in [6.07, 6.45) is -0.371. The molecule has 9 nitrogen and oxygen atoms in total. The van der Waals surface area contributed by atoms with Crippen molar-refractivity contribution in [2.24, 2.45) is 5.41 Å². The van der Waals surface area contributed by atoms with Crippen LogP contribution in [0.1, 0.15) is 56.2 Å². The number of carboxylic acid groups (broad SMARTS) is 1. The third-order valence-electron chi connectivity index (χ3n) is 6.31. The van der Waals surface area contributed by atoms with Gasteiger partial charge in [-0.3, -0.25) is 9.59 Å². The number of carboxylic acids is 1. The van der Waals surface area contributed by atoms with Crippen LogP contribution in [0.3, 0.4) is 0 Å². The quantitative estimate of drug-likeness (QED) is 0.372. The van der Waals surface area contributed by atoms with Crippen molar-refractivity contribution < 1.29 is 33.7 Å². The summed E-state index contributed by atoms with van der Waals surface area (Å²) in [5.74, 6) is -1.75. The molecule has 37 heavy (non-hydrogen) atoms. The maximum atomic E-state index is 14.6. The molecule has 0 aliphatic rings. The van der Waals surface area contributed by atoms with Gasteiger partial charge in [-0.05, 0) is 42.2 Å². The zero-order valence-electron chi connectivity index (χ0n) is 21.5. The summed E-state index contributed by atoms with van der Waals surface area (Å²) in [5, 5.41) is 27.2. The van der Waals surface area contributed by atoms with Gasteiger partial charge in [0.15, 0.2) is 5.69 Å². The third-order valence-corrected chi connectivity index (χ3v) is 6.31. The molecule has 0 aliphatic carbocycles. The number of nitrogens with zero attached hydrogens (tertiary/aromatic N) is 2. The number of hydrogen-bond acceptors (Lipinski definition) is 6. The van der Waals surface area contributed by atoms with Gasteiger partial charge in [-0.15, -0.1) is 0 Å². The summed E-state index contributed by atoms with van der Waals surface area (Å²) in [6, 6.07) is 13.0. The Morgan fingerprint density at radius 2 is 1.76 bits per heavy atom. The normalized spacial score (nSPS) is 13.9. The summed E-state index contributed by atoms with van der Waals surface area (Å²) in [6.45, 7) is 7.03. The van der Waals surface area contributed by atoms with Gasteiger partial charge in [0, 0.05) is 6.07 Å². The van der Waals surface area contributed by atoms with Crippen LogP contribution in [-0.2, 0) is 4.79 Å². The number of carbonyl (C=O) groups is 2. The first-order valence-corrected chi connectivity index (χ1v) is 11.7. The molecule has 2 unspecified atom stereocenters. The molecular formula is C27H32FN3O6. The smallest absolute Gasteiger partial charge is 0.305 e. The van der Waals surface area contributed by atoms with Gasteiger partial charge in [0.2, 0.25) is 5.88 Å². The molecule has 0 saturated heterocycles. The Labute approximate surface area is 214 Å². The first kappa shape index (κ1) is 27.7. The van der Waals surface area contributed by atoms with Crippen molar-refractivity contribution in [2.45, 2.75) is 45.8 Å². The average molecular weight is 514 g/mol. The SMILES string of the molecule is COc1ccc(C(CC(=O)O)NC(=O)c2cc(OCC(C)(O)C(C)(C)C)n(-c3ccccc3F)n2)cc1. The number of hydrogen-bond donors (Lipinski definition) is 3. The van der Waals surface area contributed by atoms with Gasteiger partial charge in [-0.1, -0.05) is 45.0 Å². The maximum absolute atomic E-state index is 14.6. The van der Waals surface area contributed by atoms with E-state index in [0.29, 0.717) is 11.3 Å². The predicted molar refractivity (Wildman–Crippen MR) is 135 cm³/mol. The standard InChI is InChI=1S/C27H32FN3O6/c1-26(2,3)27(4,35)16-37-23-14-21(30-31(23)22-9-7-6-8-19(22)28)25(34)29-20(15-24(32)33)17-10-12-18(36-5)13-11-17/h6-14,20,35H,15-16H2,1-5H3,(H,29,34)(H,32,33). The van der Waals surface area contributed by atoms with E-state index in [-0.39, 0.29) is 30.3 Å². The van der Waals surface area contributed by atoms with E-state index in [1.807, 2.05) is 20.8 Å². The Bertz CT molecular complexity index is 1250. The van der Waals surface area contributed by atoms with Gasteiger partial charge < -0.3 is 25.0 Å². The monoisotopic (exact) mass is 513 g/mol. The van der Waals surface area contributed by atoms with E-state index in [2.05, 4.69) is 10.4 Å². The van der Waals surface area contributed by atoms with Gasteiger partial charge in [-0.2, -0.15) is 9.78 Å². The van der Waals surface area contributed by atoms with Gasteiger partial charge in [-0.25, -0.2) is 4.39 Å². The van der Waals surface area contributed by atoms with Crippen LogP contribution in [0.15, 0.2) is 54.6 Å². The Hall–Kier alpha value is -3.92. The van der Waals surface area contributed by atoms with Crippen LogP contribution in [0.2, 0.25) is 0 Å². The predicted octanol–water partition coefficient (Wildman–Crippen LogP) is 4.14. The number of aliphatic hydroxyl groups is 1. The second-order valence-corrected chi connectivity index (χ2v) is 9.94. The third kappa shape index (κ3) is 6.65. The van der Waals surface area contributed by atoms with E-state index in [1.165, 1.54) is 31.4 Å². The van der Waals surface area contributed by atoms with Crippen molar-refractivity contribution in [1.29, 1.82) is 0 Å². The molecule has 2 atom stereocenters. The number of para-hydroxylation sites is 1. The molecule has 0 aliphatic heterocycles. The number of methoxy groups -OCH3 is 1. The number of halogens is 1. The van der Waals surface area contributed by atoms with Gasteiger partial charge in [0.25, 0.3) is 5.91 Å². The second kappa shape index (κ2) is 11.0. The highest BCUT2D eigenvalue weighted by atomic mass is 19.1. The number of aromatic nitrogens is 2. The van der Waals surface area contributed by atoms with E-state index in [9.17, 15) is 24.2 Å². The van der Waals surface area contributed by atoms with Gasteiger partial charge >= 0.3 is 5.97 Å². The number of ether oxygens (including phenoxy) is 2. The number of amides is 1. The van der Waals surface area contributed by atoms with E-state index in [1.54, 1.807) is 37.3 Å². The lowest BCUT2D eigenvalue weighted by atomic mass is 9.78. The van der Waals surface area contributed by atoms with Crippen LogP contribution in [0, 0.1) is 11.2 Å². The van der Waals surface area contributed by atoms with E-state index >= 15 is 0 Å². The van der Waals surface area contributed by atoms with E-state index in [4.69, 9.17) is 9.47 Å². The highest BCUT2D eigenvalue weighted by Gasteiger charge is 2.36. The second-order valence-electron chi connectivity index (χ2n) is 9.94. The summed E-state index contributed by atoms with van der Waals surface area (Å²) in [7, 11) is 1.51. The van der Waals surface area contributed by atoms with Crippen molar-refractivity contribution in [3.8, 4) is 17.3 Å². The van der Waals surface area contributed by atoms with E-state index in [0.717, 1.165) is 4.68 Å². The van der Waals surface area contributed by atoms with Crippen LogP contribution in [0.5, 0.6) is 11.6 Å². The zero-order valence-corrected chi connectivity index (χ0v) is 21.5. The van der Waals surface area contributed by atoms with Gasteiger partial charge in [0.1, 0.15) is 29.5 Å². The van der Waals surface area contributed by atoms with E-state index < -0.39 is 34.8 Å². The first-order valence-electron chi connectivity index (χ1n) is 11.7. The van der Waals surface area contributed by atoms with Gasteiger partial charge in [0.05, 0.1) is 19.6 Å². The molecule has 0 fully saturated rings. The lowest BCUT2D eigenvalue weighted by molar-refractivity contribution is -0.137. The Morgan fingerprint density at radius 3 is 2.32 bits per heavy atom. The fourth-order valence-corrected chi connectivity index (χ4v) is 3.30. The molecule has 0 saturated carbocycles. The fourth-order valence-electron chi connectivity index (χ4n) is 3.30. The van der Waals surface area contributed by atoms with Crippen molar-refractivity contribution >= 4 is 11.9 Å². The topological polar surface area (TPSA) is 123 Å². The van der Waals surface area contributed by atoms with Crippen LogP contribution in [0.25, 0.3) is 5.69 Å². The van der Waals surface area contributed by atoms with Crippen molar-refractivity contribution in [1.82, 2.24) is 15.1 Å². The summed E-state index contributed by atoms with van der Waals surface area (Å²) in [4.78, 5) is 24.7. The number of benzene rings is 2. The molecule has 0 spiro atoms. The molecule has 3 rings (SSSR count). The summed E-state index contributed by atoms with van der Waals surface area (Å²) >= 11 is 0. The van der Waals surface area contributed by atoms with Crippen LogP contribution < -0.4 is 14.8 Å². The largest absolute Gasteiger partial charge is 0.497 e. The van der Waals surface area contributed by atoms with Crippen LogP contribution in [-0.4, -0.2) is 51.2 Å². The number of nitrogens with one attached hydrogen (secondary N) is 1. The molecule has 0 bridgehead atoms. The first-order chi connectivity index (χ1) is 17.3. The number of aliphatic carboxylic acids is 1. The van der Waals surface area contributed by atoms with Crippen LogP contribution in [0.4, 0.5) is 4.39 Å². The minimum absolute atomic E-state index is 0.0407.